The summed E-state index contributed by atoms with van der Waals surface area (Å²) in [4.78, 5) is 10.6. The van der Waals surface area contributed by atoms with Crippen LogP contribution in [0.25, 0.3) is 0 Å². The molecule has 132 valence electrons. The number of urea groups is 1. The number of amides is 2. The van der Waals surface area contributed by atoms with Crippen LogP contribution in [0.1, 0.15) is 12.0 Å². The maximum absolute atomic E-state index is 10.6. The number of carbonyl (C=O) groups excluding carboxylic acids is 1. The summed E-state index contributed by atoms with van der Waals surface area (Å²) in [5.74, 6) is 2.13. The number of methoxy groups -OCH3 is 1. The zero-order valence-corrected chi connectivity index (χ0v) is 14.0. The first kappa shape index (κ1) is 18.1. The van der Waals surface area contributed by atoms with Crippen molar-refractivity contribution in [3.05, 3.63) is 54.1 Å². The molecule has 2 aromatic rings. The molecule has 0 aliphatic carbocycles. The van der Waals surface area contributed by atoms with Crippen LogP contribution in [0.15, 0.2) is 53.6 Å². The summed E-state index contributed by atoms with van der Waals surface area (Å²) in [6, 6.07) is 14.1. The molecule has 0 aromatic heterocycles. The first-order valence-electron chi connectivity index (χ1n) is 7.76. The molecule has 3 N–H and O–H groups in total. The van der Waals surface area contributed by atoms with Crippen LogP contribution in [0.5, 0.6) is 17.2 Å². The molecule has 2 rings (SSSR count). The number of hydrogen-bond donors (Lipinski definition) is 2. The van der Waals surface area contributed by atoms with Gasteiger partial charge >= 0.3 is 6.03 Å². The quantitative estimate of drug-likeness (QED) is 0.415. The van der Waals surface area contributed by atoms with Gasteiger partial charge in [0.15, 0.2) is 11.5 Å². The minimum atomic E-state index is -0.710. The van der Waals surface area contributed by atoms with Crippen molar-refractivity contribution in [3.63, 3.8) is 0 Å². The van der Waals surface area contributed by atoms with Crippen LogP contribution >= 0.6 is 0 Å². The van der Waals surface area contributed by atoms with Crippen molar-refractivity contribution in [3.8, 4) is 17.2 Å². The number of nitrogens with one attached hydrogen (secondary N) is 1. The monoisotopic (exact) mass is 343 g/mol. The Labute approximate surface area is 146 Å². The Morgan fingerprint density at radius 3 is 2.64 bits per heavy atom. The Bertz CT molecular complexity index is 719. The lowest BCUT2D eigenvalue weighted by Gasteiger charge is -2.11. The molecule has 0 atom stereocenters. The zero-order valence-electron chi connectivity index (χ0n) is 14.0. The van der Waals surface area contributed by atoms with E-state index in [1.165, 1.54) is 6.21 Å². The normalized spacial score (nSPS) is 10.4. The molecule has 0 fully saturated rings. The maximum Gasteiger partial charge on any atom is 0.332 e. The number of nitrogens with two attached hydrogens (primary N) is 1. The van der Waals surface area contributed by atoms with Crippen molar-refractivity contribution in [1.29, 1.82) is 0 Å². The average Bonchev–Trinajstić information content (AvgIpc) is 2.62. The molecule has 7 nitrogen and oxygen atoms in total. The molecular formula is C18H21N3O4. The molecule has 0 spiro atoms. The second-order valence-corrected chi connectivity index (χ2v) is 5.01. The van der Waals surface area contributed by atoms with E-state index in [0.29, 0.717) is 30.5 Å². The third-order valence-electron chi connectivity index (χ3n) is 3.13. The van der Waals surface area contributed by atoms with Crippen LogP contribution in [0.2, 0.25) is 0 Å². The number of para-hydroxylation sites is 2. The molecule has 0 unspecified atom stereocenters. The summed E-state index contributed by atoms with van der Waals surface area (Å²) in [5.41, 5.74) is 7.86. The van der Waals surface area contributed by atoms with E-state index in [1.54, 1.807) is 7.11 Å². The lowest BCUT2D eigenvalue weighted by molar-refractivity contribution is 0.240. The zero-order chi connectivity index (χ0) is 17.9. The van der Waals surface area contributed by atoms with Gasteiger partial charge in [-0.1, -0.05) is 24.3 Å². The van der Waals surface area contributed by atoms with E-state index in [9.17, 15) is 4.79 Å². The summed E-state index contributed by atoms with van der Waals surface area (Å²) in [6.07, 6.45) is 2.21. The van der Waals surface area contributed by atoms with Gasteiger partial charge in [0.05, 0.1) is 26.5 Å². The SMILES string of the molecule is COc1ccccc1OCCCOc1cccc(C=NNC(N)=O)c1. The van der Waals surface area contributed by atoms with Crippen LogP contribution in [0.3, 0.4) is 0 Å². The van der Waals surface area contributed by atoms with E-state index in [1.807, 2.05) is 48.5 Å². The van der Waals surface area contributed by atoms with Gasteiger partial charge in [0.2, 0.25) is 0 Å². The largest absolute Gasteiger partial charge is 0.493 e. The summed E-state index contributed by atoms with van der Waals surface area (Å²) in [5, 5.41) is 3.70. The molecule has 2 aromatic carbocycles. The van der Waals surface area contributed by atoms with Crippen LogP contribution in [0, 0.1) is 0 Å². The Balaban J connectivity index is 1.74. The van der Waals surface area contributed by atoms with Gasteiger partial charge in [0, 0.05) is 6.42 Å². The molecule has 0 saturated carbocycles. The highest BCUT2D eigenvalue weighted by Crippen LogP contribution is 2.25. The van der Waals surface area contributed by atoms with Crippen molar-refractivity contribution in [2.45, 2.75) is 6.42 Å². The highest BCUT2D eigenvalue weighted by Gasteiger charge is 2.02. The van der Waals surface area contributed by atoms with Crippen molar-refractivity contribution in [2.24, 2.45) is 10.8 Å². The molecule has 0 aliphatic heterocycles. The van der Waals surface area contributed by atoms with Gasteiger partial charge in [-0.25, -0.2) is 10.2 Å². The summed E-state index contributed by atoms with van der Waals surface area (Å²) < 4.78 is 16.6. The predicted molar refractivity (Wildman–Crippen MR) is 95.4 cm³/mol. The number of carbonyl (C=O) groups is 1. The number of benzene rings is 2. The highest BCUT2D eigenvalue weighted by atomic mass is 16.5. The third kappa shape index (κ3) is 6.42. The van der Waals surface area contributed by atoms with Crippen molar-refractivity contribution in [2.75, 3.05) is 20.3 Å². The van der Waals surface area contributed by atoms with Gasteiger partial charge in [0.1, 0.15) is 5.75 Å². The van der Waals surface area contributed by atoms with Crippen LogP contribution in [-0.2, 0) is 0 Å². The number of hydrazone groups is 1. The predicted octanol–water partition coefficient (Wildman–Crippen LogP) is 2.55. The first-order chi connectivity index (χ1) is 12.2. The van der Waals surface area contributed by atoms with Gasteiger partial charge in [0.25, 0.3) is 0 Å². The highest BCUT2D eigenvalue weighted by molar-refractivity contribution is 5.81. The number of rotatable bonds is 9. The fourth-order valence-electron chi connectivity index (χ4n) is 2.02. The number of ether oxygens (including phenoxy) is 3. The van der Waals surface area contributed by atoms with E-state index in [-0.39, 0.29) is 0 Å². The Morgan fingerprint density at radius 1 is 1.12 bits per heavy atom. The summed E-state index contributed by atoms with van der Waals surface area (Å²) in [7, 11) is 1.61. The fourth-order valence-corrected chi connectivity index (χ4v) is 2.02. The van der Waals surface area contributed by atoms with Crippen molar-refractivity contribution < 1.29 is 19.0 Å². The smallest absolute Gasteiger partial charge is 0.332 e. The summed E-state index contributed by atoms with van der Waals surface area (Å²) >= 11 is 0. The Morgan fingerprint density at radius 2 is 1.88 bits per heavy atom. The van der Waals surface area contributed by atoms with E-state index in [0.717, 1.165) is 12.0 Å². The molecule has 2 amide bonds. The van der Waals surface area contributed by atoms with Crippen LogP contribution < -0.4 is 25.4 Å². The standard InChI is InChI=1S/C18H21N3O4/c1-23-16-8-2-3-9-17(16)25-11-5-10-24-15-7-4-6-14(12-15)13-20-21-18(19)22/h2-4,6-9,12-13H,5,10-11H2,1H3,(H3,19,21,22). The maximum atomic E-state index is 10.6. The minimum absolute atomic E-state index is 0.509. The van der Waals surface area contributed by atoms with Gasteiger partial charge in [-0.15, -0.1) is 0 Å². The topological polar surface area (TPSA) is 95.2 Å². The molecule has 0 aliphatic rings. The van der Waals surface area contributed by atoms with Crippen molar-refractivity contribution >= 4 is 12.2 Å². The van der Waals surface area contributed by atoms with E-state index in [2.05, 4.69) is 10.5 Å². The Hall–Kier alpha value is -3.22. The fraction of sp³-hybridized carbons (Fsp3) is 0.222. The minimum Gasteiger partial charge on any atom is -0.493 e. The molecule has 7 heteroatoms. The number of primary amides is 1. The average molecular weight is 343 g/mol. The lowest BCUT2D eigenvalue weighted by atomic mass is 10.2. The lowest BCUT2D eigenvalue weighted by Crippen LogP contribution is -2.24. The molecule has 0 heterocycles. The van der Waals surface area contributed by atoms with Crippen molar-refractivity contribution in [1.82, 2.24) is 5.43 Å². The molecular weight excluding hydrogens is 322 g/mol. The van der Waals surface area contributed by atoms with Gasteiger partial charge in [-0.05, 0) is 29.8 Å². The Kier molecular flexibility index (Phi) is 7.12. The molecule has 0 radical (unpaired) electrons. The van der Waals surface area contributed by atoms with Gasteiger partial charge in [-0.3, -0.25) is 0 Å². The summed E-state index contributed by atoms with van der Waals surface area (Å²) in [6.45, 7) is 1.03. The van der Waals surface area contributed by atoms with E-state index >= 15 is 0 Å². The molecule has 0 saturated heterocycles. The molecule has 0 bridgehead atoms. The van der Waals surface area contributed by atoms with Gasteiger partial charge < -0.3 is 19.9 Å². The molecule has 25 heavy (non-hydrogen) atoms. The van der Waals surface area contributed by atoms with Gasteiger partial charge in [-0.2, -0.15) is 5.10 Å². The first-order valence-corrected chi connectivity index (χ1v) is 7.76. The second kappa shape index (κ2) is 9.82. The number of nitrogens with zero attached hydrogens (tertiary/aromatic N) is 1. The van der Waals surface area contributed by atoms with Crippen LogP contribution in [-0.4, -0.2) is 32.6 Å². The third-order valence-corrected chi connectivity index (χ3v) is 3.13. The number of hydrogen-bond acceptors (Lipinski definition) is 5. The second-order valence-electron chi connectivity index (χ2n) is 5.01. The van der Waals surface area contributed by atoms with E-state index in [4.69, 9.17) is 19.9 Å². The van der Waals surface area contributed by atoms with E-state index < -0.39 is 6.03 Å². The van der Waals surface area contributed by atoms with Crippen LogP contribution in [0.4, 0.5) is 4.79 Å².